The Hall–Kier alpha value is -0.870. The van der Waals surface area contributed by atoms with E-state index in [0.717, 1.165) is 22.4 Å². The van der Waals surface area contributed by atoms with Crippen LogP contribution in [0.15, 0.2) is 22.8 Å². The fraction of sp³-hybridized carbons (Fsp3) is 0.364. The molecule has 1 unspecified atom stereocenters. The number of halogens is 1. The standard InChI is InChI=1S/C11H14BrN3/c1-7(13)6-10-14-11(12)9-5-3-4-8(2)15(9)10/h3-5,7H,6,13H2,1-2H3. The van der Waals surface area contributed by atoms with Crippen LogP contribution in [0.1, 0.15) is 18.4 Å². The van der Waals surface area contributed by atoms with E-state index in [4.69, 9.17) is 5.73 Å². The molecule has 80 valence electrons. The normalized spacial score (nSPS) is 13.3. The van der Waals surface area contributed by atoms with Gasteiger partial charge >= 0.3 is 0 Å². The maximum atomic E-state index is 5.81. The second-order valence-electron chi connectivity index (χ2n) is 3.89. The van der Waals surface area contributed by atoms with Crippen LogP contribution >= 0.6 is 15.9 Å². The maximum absolute atomic E-state index is 5.81. The Labute approximate surface area is 97.4 Å². The van der Waals surface area contributed by atoms with E-state index in [0.29, 0.717) is 0 Å². The summed E-state index contributed by atoms with van der Waals surface area (Å²) in [5, 5.41) is 0. The van der Waals surface area contributed by atoms with Gasteiger partial charge in [-0.3, -0.25) is 4.40 Å². The van der Waals surface area contributed by atoms with Crippen LogP contribution in [0.5, 0.6) is 0 Å². The molecule has 3 nitrogen and oxygen atoms in total. The molecule has 15 heavy (non-hydrogen) atoms. The predicted molar refractivity (Wildman–Crippen MR) is 65.0 cm³/mol. The zero-order valence-corrected chi connectivity index (χ0v) is 10.5. The molecule has 0 aromatic carbocycles. The lowest BCUT2D eigenvalue weighted by atomic mass is 10.2. The fourth-order valence-corrected chi connectivity index (χ4v) is 2.28. The van der Waals surface area contributed by atoms with Gasteiger partial charge in [0.2, 0.25) is 0 Å². The van der Waals surface area contributed by atoms with Crippen LogP contribution < -0.4 is 5.73 Å². The first-order valence-corrected chi connectivity index (χ1v) is 5.77. The molecule has 0 radical (unpaired) electrons. The van der Waals surface area contributed by atoms with Gasteiger partial charge in [-0.1, -0.05) is 6.07 Å². The first kappa shape index (κ1) is 10.6. The van der Waals surface area contributed by atoms with Gasteiger partial charge in [0.05, 0.1) is 5.52 Å². The van der Waals surface area contributed by atoms with Gasteiger partial charge in [0.1, 0.15) is 10.4 Å². The summed E-state index contributed by atoms with van der Waals surface area (Å²) in [6.45, 7) is 4.07. The van der Waals surface area contributed by atoms with Gasteiger partial charge < -0.3 is 5.73 Å². The van der Waals surface area contributed by atoms with E-state index < -0.39 is 0 Å². The largest absolute Gasteiger partial charge is 0.328 e. The third-order valence-corrected chi connectivity index (χ3v) is 2.97. The van der Waals surface area contributed by atoms with E-state index in [2.05, 4.69) is 44.4 Å². The molecule has 0 bridgehead atoms. The molecule has 0 aliphatic carbocycles. The van der Waals surface area contributed by atoms with E-state index in [-0.39, 0.29) is 6.04 Å². The summed E-state index contributed by atoms with van der Waals surface area (Å²) in [6.07, 6.45) is 0.789. The van der Waals surface area contributed by atoms with E-state index in [1.807, 2.05) is 13.0 Å². The minimum absolute atomic E-state index is 0.127. The number of aromatic nitrogens is 2. The van der Waals surface area contributed by atoms with Gasteiger partial charge in [0, 0.05) is 18.2 Å². The Balaban J connectivity index is 2.65. The molecule has 2 aromatic heterocycles. The van der Waals surface area contributed by atoms with E-state index in [9.17, 15) is 0 Å². The van der Waals surface area contributed by atoms with E-state index in [1.54, 1.807) is 0 Å². The van der Waals surface area contributed by atoms with Gasteiger partial charge in [-0.25, -0.2) is 4.98 Å². The van der Waals surface area contributed by atoms with Crippen molar-refractivity contribution in [3.05, 3.63) is 34.3 Å². The molecule has 0 saturated heterocycles. The predicted octanol–water partition coefficient (Wildman–Crippen LogP) is 2.29. The SMILES string of the molecule is Cc1cccc2c(Br)nc(CC(C)N)n12. The van der Waals surface area contributed by atoms with Crippen molar-refractivity contribution in [2.75, 3.05) is 0 Å². The molecule has 4 heteroatoms. The van der Waals surface area contributed by atoms with Crippen LogP contribution in [0.3, 0.4) is 0 Å². The van der Waals surface area contributed by atoms with Crippen LogP contribution in [0.2, 0.25) is 0 Å². The summed E-state index contributed by atoms with van der Waals surface area (Å²) < 4.78 is 3.04. The molecule has 0 fully saturated rings. The molecule has 1 atom stereocenters. The molecule has 2 aromatic rings. The number of imidazole rings is 1. The second-order valence-corrected chi connectivity index (χ2v) is 4.64. The Morgan fingerprint density at radius 3 is 2.93 bits per heavy atom. The molecule has 0 amide bonds. The number of hydrogen-bond acceptors (Lipinski definition) is 2. The Bertz CT molecular complexity index is 488. The van der Waals surface area contributed by atoms with Crippen molar-refractivity contribution >= 4 is 21.4 Å². The molecular weight excluding hydrogens is 254 g/mol. The highest BCUT2D eigenvalue weighted by atomic mass is 79.9. The third-order valence-electron chi connectivity index (χ3n) is 2.39. The minimum atomic E-state index is 0.127. The number of hydrogen-bond donors (Lipinski definition) is 1. The summed E-state index contributed by atoms with van der Waals surface area (Å²) >= 11 is 3.47. The first-order chi connectivity index (χ1) is 7.09. The number of fused-ring (bicyclic) bond motifs is 1. The Morgan fingerprint density at radius 2 is 2.27 bits per heavy atom. The van der Waals surface area contributed by atoms with E-state index in [1.165, 1.54) is 5.69 Å². The van der Waals surface area contributed by atoms with Gasteiger partial charge in [0.15, 0.2) is 0 Å². The van der Waals surface area contributed by atoms with Gasteiger partial charge in [0.25, 0.3) is 0 Å². The smallest absolute Gasteiger partial charge is 0.132 e. The molecule has 0 spiro atoms. The highest BCUT2D eigenvalue weighted by molar-refractivity contribution is 9.10. The van der Waals surface area contributed by atoms with Crippen LogP contribution in [0, 0.1) is 6.92 Å². The average Bonchev–Trinajstić information content (AvgIpc) is 2.44. The highest BCUT2D eigenvalue weighted by Gasteiger charge is 2.11. The lowest BCUT2D eigenvalue weighted by molar-refractivity contribution is 0.696. The molecule has 0 aliphatic rings. The van der Waals surface area contributed by atoms with Crippen LogP contribution in [0.4, 0.5) is 0 Å². The molecule has 0 saturated carbocycles. The molecular formula is C11H14BrN3. The quantitative estimate of drug-likeness (QED) is 0.908. The van der Waals surface area contributed by atoms with Crippen molar-refractivity contribution in [1.82, 2.24) is 9.38 Å². The summed E-state index contributed by atoms with van der Waals surface area (Å²) in [5.74, 6) is 1.02. The maximum Gasteiger partial charge on any atom is 0.132 e. The topological polar surface area (TPSA) is 43.3 Å². The molecule has 0 aliphatic heterocycles. The molecule has 2 heterocycles. The Kier molecular flexibility index (Phi) is 2.80. The molecule has 2 rings (SSSR count). The van der Waals surface area contributed by atoms with Crippen LogP contribution in [-0.2, 0) is 6.42 Å². The van der Waals surface area contributed by atoms with Gasteiger partial charge in [-0.15, -0.1) is 0 Å². The van der Waals surface area contributed by atoms with Crippen molar-refractivity contribution in [2.24, 2.45) is 5.73 Å². The highest BCUT2D eigenvalue weighted by Crippen LogP contribution is 2.21. The molecule has 2 N–H and O–H groups in total. The summed E-state index contributed by atoms with van der Waals surface area (Å²) in [5.41, 5.74) is 8.09. The fourth-order valence-electron chi connectivity index (χ4n) is 1.77. The Morgan fingerprint density at radius 1 is 1.53 bits per heavy atom. The van der Waals surface area contributed by atoms with Crippen molar-refractivity contribution in [3.8, 4) is 0 Å². The summed E-state index contributed by atoms with van der Waals surface area (Å²) in [4.78, 5) is 4.49. The lowest BCUT2D eigenvalue weighted by Gasteiger charge is -2.06. The number of aryl methyl sites for hydroxylation is 1. The monoisotopic (exact) mass is 267 g/mol. The van der Waals surface area contributed by atoms with Crippen LogP contribution in [-0.4, -0.2) is 15.4 Å². The zero-order valence-electron chi connectivity index (χ0n) is 8.87. The number of nitrogens with two attached hydrogens (primary N) is 1. The number of nitrogens with zero attached hydrogens (tertiary/aromatic N) is 2. The van der Waals surface area contributed by atoms with Crippen molar-refractivity contribution in [3.63, 3.8) is 0 Å². The second kappa shape index (κ2) is 3.94. The lowest BCUT2D eigenvalue weighted by Crippen LogP contribution is -2.19. The van der Waals surface area contributed by atoms with Crippen molar-refractivity contribution in [1.29, 1.82) is 0 Å². The van der Waals surface area contributed by atoms with E-state index >= 15 is 0 Å². The third kappa shape index (κ3) is 1.92. The minimum Gasteiger partial charge on any atom is -0.328 e. The summed E-state index contributed by atoms with van der Waals surface area (Å²) in [7, 11) is 0. The van der Waals surface area contributed by atoms with Crippen molar-refractivity contribution in [2.45, 2.75) is 26.3 Å². The zero-order chi connectivity index (χ0) is 11.0. The van der Waals surface area contributed by atoms with Gasteiger partial charge in [-0.05, 0) is 41.9 Å². The number of rotatable bonds is 2. The van der Waals surface area contributed by atoms with Crippen LogP contribution in [0.25, 0.3) is 5.52 Å². The summed E-state index contributed by atoms with van der Waals surface area (Å²) in [6, 6.07) is 6.29. The van der Waals surface area contributed by atoms with Gasteiger partial charge in [-0.2, -0.15) is 0 Å². The first-order valence-electron chi connectivity index (χ1n) is 4.97. The van der Waals surface area contributed by atoms with Crippen molar-refractivity contribution < 1.29 is 0 Å². The number of pyridine rings is 1. The average molecular weight is 268 g/mol.